The highest BCUT2D eigenvalue weighted by molar-refractivity contribution is 7.84. The Balaban J connectivity index is 2.65. The Labute approximate surface area is 116 Å². The van der Waals surface area contributed by atoms with E-state index in [1.807, 2.05) is 6.92 Å². The second-order valence-electron chi connectivity index (χ2n) is 4.82. The lowest BCUT2D eigenvalue weighted by molar-refractivity contribution is -0.128. The SMILES string of the molecule is CCS(=O)CCNC(=O)C1(C(N)=NO)CCCCC1. The molecule has 0 spiro atoms. The minimum atomic E-state index is -0.900. The number of rotatable bonds is 6. The van der Waals surface area contributed by atoms with Gasteiger partial charge in [0.25, 0.3) is 0 Å². The Morgan fingerprint density at radius 1 is 1.42 bits per heavy atom. The number of hydrogen-bond acceptors (Lipinski definition) is 4. The average molecular weight is 289 g/mol. The molecule has 0 radical (unpaired) electrons. The van der Waals surface area contributed by atoms with E-state index in [9.17, 15) is 9.00 Å². The van der Waals surface area contributed by atoms with Gasteiger partial charge in [-0.1, -0.05) is 31.3 Å². The molecule has 0 bridgehead atoms. The minimum absolute atomic E-state index is 0.0127. The van der Waals surface area contributed by atoms with Crippen LogP contribution < -0.4 is 11.1 Å². The van der Waals surface area contributed by atoms with Gasteiger partial charge < -0.3 is 16.3 Å². The van der Waals surface area contributed by atoms with Crippen molar-refractivity contribution in [2.24, 2.45) is 16.3 Å². The van der Waals surface area contributed by atoms with Crippen LogP contribution in [0, 0.1) is 5.41 Å². The highest BCUT2D eigenvalue weighted by Crippen LogP contribution is 2.36. The van der Waals surface area contributed by atoms with Gasteiger partial charge in [0.2, 0.25) is 5.91 Å². The summed E-state index contributed by atoms with van der Waals surface area (Å²) in [6.45, 7) is 2.21. The second kappa shape index (κ2) is 7.47. The van der Waals surface area contributed by atoms with Crippen LogP contribution in [0.4, 0.5) is 0 Å². The first kappa shape index (κ1) is 15.9. The number of nitrogens with zero attached hydrogens (tertiary/aromatic N) is 1. The number of carbonyl (C=O) groups excluding carboxylic acids is 1. The lowest BCUT2D eigenvalue weighted by Gasteiger charge is -2.34. The predicted molar refractivity (Wildman–Crippen MR) is 75.5 cm³/mol. The van der Waals surface area contributed by atoms with E-state index < -0.39 is 16.2 Å². The fourth-order valence-corrected chi connectivity index (χ4v) is 3.06. The number of nitrogens with two attached hydrogens (primary N) is 1. The molecule has 0 aromatic rings. The molecule has 1 unspecified atom stereocenters. The van der Waals surface area contributed by atoms with Gasteiger partial charge >= 0.3 is 0 Å². The zero-order chi connectivity index (χ0) is 14.3. The molecule has 1 aliphatic rings. The zero-order valence-corrected chi connectivity index (χ0v) is 12.2. The molecular formula is C12H23N3O3S. The molecule has 1 rings (SSSR count). The number of carbonyl (C=O) groups is 1. The minimum Gasteiger partial charge on any atom is -0.409 e. The monoisotopic (exact) mass is 289 g/mol. The number of oxime groups is 1. The maximum atomic E-state index is 12.3. The lowest BCUT2D eigenvalue weighted by atomic mass is 9.72. The topological polar surface area (TPSA) is 105 Å². The Morgan fingerprint density at radius 2 is 2.05 bits per heavy atom. The van der Waals surface area contributed by atoms with Crippen LogP contribution in [-0.4, -0.2) is 39.2 Å². The van der Waals surface area contributed by atoms with E-state index in [0.29, 0.717) is 30.9 Å². The molecule has 19 heavy (non-hydrogen) atoms. The van der Waals surface area contributed by atoms with Crippen molar-refractivity contribution in [3.8, 4) is 0 Å². The molecule has 0 heterocycles. The van der Waals surface area contributed by atoms with E-state index in [-0.39, 0.29) is 11.7 Å². The van der Waals surface area contributed by atoms with Crippen molar-refractivity contribution < 1.29 is 14.2 Å². The molecule has 0 aromatic carbocycles. The van der Waals surface area contributed by atoms with Crippen molar-refractivity contribution in [3.63, 3.8) is 0 Å². The van der Waals surface area contributed by atoms with E-state index in [2.05, 4.69) is 10.5 Å². The molecule has 0 saturated heterocycles. The van der Waals surface area contributed by atoms with Gasteiger partial charge in [-0.15, -0.1) is 0 Å². The molecule has 1 atom stereocenters. The summed E-state index contributed by atoms with van der Waals surface area (Å²) in [5, 5.41) is 14.7. The third-order valence-electron chi connectivity index (χ3n) is 3.68. The smallest absolute Gasteiger partial charge is 0.233 e. The highest BCUT2D eigenvalue weighted by atomic mass is 32.2. The summed E-state index contributed by atoms with van der Waals surface area (Å²) in [7, 11) is -0.900. The van der Waals surface area contributed by atoms with E-state index in [1.165, 1.54) is 0 Å². The Bertz CT molecular complexity index is 365. The van der Waals surface area contributed by atoms with Crippen LogP contribution in [0.2, 0.25) is 0 Å². The van der Waals surface area contributed by atoms with Crippen LogP contribution in [0.15, 0.2) is 5.16 Å². The lowest BCUT2D eigenvalue weighted by Crippen LogP contribution is -2.51. The zero-order valence-electron chi connectivity index (χ0n) is 11.4. The van der Waals surface area contributed by atoms with Gasteiger partial charge in [0, 0.05) is 28.9 Å². The summed E-state index contributed by atoms with van der Waals surface area (Å²) < 4.78 is 11.3. The first-order chi connectivity index (χ1) is 9.06. The number of hydrogen-bond donors (Lipinski definition) is 3. The summed E-state index contributed by atoms with van der Waals surface area (Å²) >= 11 is 0. The van der Waals surface area contributed by atoms with E-state index in [0.717, 1.165) is 19.3 Å². The normalized spacial score (nSPS) is 20.8. The molecular weight excluding hydrogens is 266 g/mol. The summed E-state index contributed by atoms with van der Waals surface area (Å²) in [5.74, 6) is 0.798. The van der Waals surface area contributed by atoms with Crippen molar-refractivity contribution in [2.75, 3.05) is 18.1 Å². The van der Waals surface area contributed by atoms with Gasteiger partial charge in [-0.3, -0.25) is 9.00 Å². The van der Waals surface area contributed by atoms with Gasteiger partial charge in [0.05, 0.1) is 0 Å². The molecule has 0 aromatic heterocycles. The van der Waals surface area contributed by atoms with Crippen molar-refractivity contribution in [2.45, 2.75) is 39.0 Å². The third-order valence-corrected chi connectivity index (χ3v) is 4.98. The molecule has 7 heteroatoms. The van der Waals surface area contributed by atoms with Crippen molar-refractivity contribution in [1.82, 2.24) is 5.32 Å². The van der Waals surface area contributed by atoms with Gasteiger partial charge in [-0.2, -0.15) is 0 Å². The van der Waals surface area contributed by atoms with Gasteiger partial charge in [-0.05, 0) is 12.8 Å². The van der Waals surface area contributed by atoms with Crippen LogP contribution in [-0.2, 0) is 15.6 Å². The van der Waals surface area contributed by atoms with E-state index in [1.54, 1.807) is 0 Å². The summed E-state index contributed by atoms with van der Waals surface area (Å²) in [5.41, 5.74) is 4.83. The molecule has 6 nitrogen and oxygen atoms in total. The van der Waals surface area contributed by atoms with Crippen LogP contribution in [0.3, 0.4) is 0 Å². The first-order valence-corrected chi connectivity index (χ1v) is 8.17. The van der Waals surface area contributed by atoms with Crippen molar-refractivity contribution in [1.29, 1.82) is 0 Å². The number of nitrogens with one attached hydrogen (secondary N) is 1. The average Bonchev–Trinajstić information content (AvgIpc) is 2.46. The highest BCUT2D eigenvalue weighted by Gasteiger charge is 2.43. The van der Waals surface area contributed by atoms with Crippen LogP contribution in [0.25, 0.3) is 0 Å². The quantitative estimate of drug-likeness (QED) is 0.288. The van der Waals surface area contributed by atoms with Gasteiger partial charge in [-0.25, -0.2) is 0 Å². The standard InChI is InChI=1S/C12H23N3O3S/c1-2-19(18)9-8-14-11(16)12(10(13)15-17)6-4-3-5-7-12/h17H,2-9H2,1H3,(H2,13,15)(H,14,16). The maximum Gasteiger partial charge on any atom is 0.233 e. The van der Waals surface area contributed by atoms with Crippen molar-refractivity contribution >= 4 is 22.5 Å². The molecule has 0 aliphatic heterocycles. The first-order valence-electron chi connectivity index (χ1n) is 6.68. The molecule has 1 saturated carbocycles. The van der Waals surface area contributed by atoms with Crippen LogP contribution in [0.5, 0.6) is 0 Å². The Hall–Kier alpha value is -1.11. The van der Waals surface area contributed by atoms with E-state index >= 15 is 0 Å². The molecule has 1 aliphatic carbocycles. The Kier molecular flexibility index (Phi) is 6.27. The van der Waals surface area contributed by atoms with E-state index in [4.69, 9.17) is 10.9 Å². The molecule has 110 valence electrons. The second-order valence-corrected chi connectivity index (χ2v) is 6.68. The number of amides is 1. The third kappa shape index (κ3) is 3.92. The van der Waals surface area contributed by atoms with Crippen molar-refractivity contribution in [3.05, 3.63) is 0 Å². The maximum absolute atomic E-state index is 12.3. The summed E-state index contributed by atoms with van der Waals surface area (Å²) in [4.78, 5) is 12.3. The molecule has 4 N–H and O–H groups in total. The van der Waals surface area contributed by atoms with Crippen LogP contribution in [0.1, 0.15) is 39.0 Å². The Morgan fingerprint density at radius 3 is 2.58 bits per heavy atom. The molecule has 1 fully saturated rings. The molecule has 1 amide bonds. The largest absolute Gasteiger partial charge is 0.409 e. The van der Waals surface area contributed by atoms with Gasteiger partial charge in [0.15, 0.2) is 5.84 Å². The summed E-state index contributed by atoms with van der Waals surface area (Å²) in [6.07, 6.45) is 4.06. The van der Waals surface area contributed by atoms with Crippen LogP contribution >= 0.6 is 0 Å². The fraction of sp³-hybridized carbons (Fsp3) is 0.833. The fourth-order valence-electron chi connectivity index (χ4n) is 2.44. The predicted octanol–water partition coefficient (Wildman–Crippen LogP) is 0.568. The number of amidine groups is 1. The van der Waals surface area contributed by atoms with Gasteiger partial charge in [0.1, 0.15) is 5.41 Å². The summed E-state index contributed by atoms with van der Waals surface area (Å²) in [6, 6.07) is 0.